The number of aromatic nitrogens is 2. The van der Waals surface area contributed by atoms with Gasteiger partial charge < -0.3 is 5.32 Å². The van der Waals surface area contributed by atoms with Gasteiger partial charge in [0.15, 0.2) is 0 Å². The third-order valence-electron chi connectivity index (χ3n) is 4.64. The topological polar surface area (TPSA) is 29.9 Å². The predicted octanol–water partition coefficient (Wildman–Crippen LogP) is 3.07. The SMILES string of the molecule is Cc1nn(C)c(C)c1CNC1CC(c2ccccc2)C1. The van der Waals surface area contributed by atoms with Gasteiger partial charge in [0.2, 0.25) is 0 Å². The Bertz CT molecular complexity index is 580. The van der Waals surface area contributed by atoms with E-state index in [-0.39, 0.29) is 0 Å². The number of nitrogens with one attached hydrogen (secondary N) is 1. The molecular formula is C17H23N3. The van der Waals surface area contributed by atoms with Crippen LogP contribution in [-0.4, -0.2) is 15.8 Å². The van der Waals surface area contributed by atoms with Gasteiger partial charge in [-0.3, -0.25) is 4.68 Å². The van der Waals surface area contributed by atoms with Crippen LogP contribution in [0.15, 0.2) is 30.3 Å². The molecule has 3 nitrogen and oxygen atoms in total. The van der Waals surface area contributed by atoms with E-state index in [1.54, 1.807) is 0 Å². The lowest BCUT2D eigenvalue weighted by molar-refractivity contribution is 0.289. The van der Waals surface area contributed by atoms with Gasteiger partial charge >= 0.3 is 0 Å². The van der Waals surface area contributed by atoms with E-state index < -0.39 is 0 Å². The second-order valence-corrected chi connectivity index (χ2v) is 5.93. The van der Waals surface area contributed by atoms with E-state index in [1.165, 1.54) is 29.7 Å². The van der Waals surface area contributed by atoms with Gasteiger partial charge in [-0.2, -0.15) is 5.10 Å². The fourth-order valence-corrected chi connectivity index (χ4v) is 3.10. The first-order chi connectivity index (χ1) is 9.65. The molecule has 106 valence electrons. The van der Waals surface area contributed by atoms with Crippen molar-refractivity contribution in [1.82, 2.24) is 15.1 Å². The van der Waals surface area contributed by atoms with Crippen molar-refractivity contribution in [3.8, 4) is 0 Å². The first-order valence-electron chi connectivity index (χ1n) is 7.42. The third kappa shape index (κ3) is 2.50. The van der Waals surface area contributed by atoms with Crippen molar-refractivity contribution in [2.75, 3.05) is 0 Å². The van der Waals surface area contributed by atoms with Crippen molar-refractivity contribution in [3.05, 3.63) is 52.8 Å². The molecule has 3 heteroatoms. The smallest absolute Gasteiger partial charge is 0.0641 e. The van der Waals surface area contributed by atoms with E-state index in [1.807, 2.05) is 11.7 Å². The molecule has 0 atom stereocenters. The number of nitrogens with zero attached hydrogens (tertiary/aromatic N) is 2. The van der Waals surface area contributed by atoms with Crippen molar-refractivity contribution >= 4 is 0 Å². The summed E-state index contributed by atoms with van der Waals surface area (Å²) in [7, 11) is 2.01. The fourth-order valence-electron chi connectivity index (χ4n) is 3.10. The molecule has 1 saturated carbocycles. The van der Waals surface area contributed by atoms with Crippen LogP contribution in [0, 0.1) is 13.8 Å². The molecule has 0 spiro atoms. The maximum absolute atomic E-state index is 4.47. The van der Waals surface area contributed by atoms with Crippen LogP contribution in [0.2, 0.25) is 0 Å². The van der Waals surface area contributed by atoms with Crippen LogP contribution in [0.3, 0.4) is 0 Å². The van der Waals surface area contributed by atoms with Gasteiger partial charge in [-0.15, -0.1) is 0 Å². The molecule has 2 aromatic rings. The summed E-state index contributed by atoms with van der Waals surface area (Å²) in [5.74, 6) is 0.741. The predicted molar refractivity (Wildman–Crippen MR) is 81.7 cm³/mol. The number of aryl methyl sites for hydroxylation is 2. The minimum Gasteiger partial charge on any atom is -0.310 e. The zero-order valence-corrected chi connectivity index (χ0v) is 12.6. The molecule has 0 unspecified atom stereocenters. The Balaban J connectivity index is 1.52. The zero-order valence-electron chi connectivity index (χ0n) is 12.6. The normalized spacial score (nSPS) is 21.8. The molecule has 0 bridgehead atoms. The average Bonchev–Trinajstić information content (AvgIpc) is 2.64. The highest BCUT2D eigenvalue weighted by Crippen LogP contribution is 2.36. The van der Waals surface area contributed by atoms with Crippen LogP contribution < -0.4 is 5.32 Å². The number of hydrogen-bond donors (Lipinski definition) is 1. The molecule has 0 aliphatic heterocycles. The molecule has 1 aliphatic rings. The van der Waals surface area contributed by atoms with Crippen molar-refractivity contribution in [2.24, 2.45) is 7.05 Å². The molecule has 0 saturated heterocycles. The van der Waals surface area contributed by atoms with E-state index in [4.69, 9.17) is 0 Å². The van der Waals surface area contributed by atoms with Crippen LogP contribution in [0.25, 0.3) is 0 Å². The fraction of sp³-hybridized carbons (Fsp3) is 0.471. The van der Waals surface area contributed by atoms with E-state index in [0.717, 1.165) is 18.2 Å². The second-order valence-electron chi connectivity index (χ2n) is 5.93. The van der Waals surface area contributed by atoms with Gasteiger partial charge in [0.1, 0.15) is 0 Å². The van der Waals surface area contributed by atoms with E-state index in [9.17, 15) is 0 Å². The summed E-state index contributed by atoms with van der Waals surface area (Å²) in [6.45, 7) is 5.18. The van der Waals surface area contributed by atoms with Crippen LogP contribution in [0.5, 0.6) is 0 Å². The quantitative estimate of drug-likeness (QED) is 0.924. The highest BCUT2D eigenvalue weighted by atomic mass is 15.3. The van der Waals surface area contributed by atoms with Gasteiger partial charge in [-0.1, -0.05) is 30.3 Å². The number of rotatable bonds is 4. The van der Waals surface area contributed by atoms with Gasteiger partial charge in [-0.25, -0.2) is 0 Å². The Labute approximate surface area is 121 Å². The molecule has 3 rings (SSSR count). The highest BCUT2D eigenvalue weighted by Gasteiger charge is 2.29. The summed E-state index contributed by atoms with van der Waals surface area (Å²) in [5, 5.41) is 8.15. The minimum absolute atomic E-state index is 0.652. The lowest BCUT2D eigenvalue weighted by atomic mass is 9.76. The molecule has 20 heavy (non-hydrogen) atoms. The molecule has 1 aromatic carbocycles. The largest absolute Gasteiger partial charge is 0.310 e. The van der Waals surface area contributed by atoms with Crippen molar-refractivity contribution in [3.63, 3.8) is 0 Å². The van der Waals surface area contributed by atoms with Crippen LogP contribution in [-0.2, 0) is 13.6 Å². The molecule has 1 aliphatic carbocycles. The number of benzene rings is 1. The Kier molecular flexibility index (Phi) is 3.62. The average molecular weight is 269 g/mol. The van der Waals surface area contributed by atoms with Gasteiger partial charge in [-0.05, 0) is 38.2 Å². The lowest BCUT2D eigenvalue weighted by Crippen LogP contribution is -2.39. The molecule has 1 fully saturated rings. The van der Waals surface area contributed by atoms with Crippen LogP contribution in [0.4, 0.5) is 0 Å². The van der Waals surface area contributed by atoms with Crippen molar-refractivity contribution in [1.29, 1.82) is 0 Å². The molecule has 1 aromatic heterocycles. The number of hydrogen-bond acceptors (Lipinski definition) is 2. The van der Waals surface area contributed by atoms with E-state index in [0.29, 0.717) is 6.04 Å². The van der Waals surface area contributed by atoms with Crippen LogP contribution in [0.1, 0.15) is 41.3 Å². The Morgan fingerprint density at radius 3 is 2.50 bits per heavy atom. The summed E-state index contributed by atoms with van der Waals surface area (Å²) < 4.78 is 1.97. The van der Waals surface area contributed by atoms with Gasteiger partial charge in [0.05, 0.1) is 5.69 Å². The van der Waals surface area contributed by atoms with Crippen molar-refractivity contribution in [2.45, 2.75) is 45.2 Å². The molecule has 1 N–H and O–H groups in total. The molecule has 1 heterocycles. The Morgan fingerprint density at radius 1 is 1.20 bits per heavy atom. The van der Waals surface area contributed by atoms with E-state index in [2.05, 4.69) is 54.6 Å². The maximum Gasteiger partial charge on any atom is 0.0641 e. The zero-order chi connectivity index (χ0) is 14.1. The van der Waals surface area contributed by atoms with E-state index >= 15 is 0 Å². The standard InChI is InChI=1S/C17H23N3/c1-12-17(13(2)20(3)19-12)11-18-16-9-15(10-16)14-7-5-4-6-8-14/h4-8,15-16,18H,9-11H2,1-3H3. The summed E-state index contributed by atoms with van der Waals surface area (Å²) in [6.07, 6.45) is 2.50. The summed E-state index contributed by atoms with van der Waals surface area (Å²) in [4.78, 5) is 0. The lowest BCUT2D eigenvalue weighted by Gasteiger charge is -2.36. The molecular weight excluding hydrogens is 246 g/mol. The first kappa shape index (κ1) is 13.4. The Morgan fingerprint density at radius 2 is 1.90 bits per heavy atom. The van der Waals surface area contributed by atoms with Gasteiger partial charge in [0, 0.05) is 30.9 Å². The first-order valence-corrected chi connectivity index (χ1v) is 7.42. The third-order valence-corrected chi connectivity index (χ3v) is 4.64. The van der Waals surface area contributed by atoms with Crippen LogP contribution >= 0.6 is 0 Å². The molecule has 0 radical (unpaired) electrons. The monoisotopic (exact) mass is 269 g/mol. The summed E-state index contributed by atoms with van der Waals surface area (Å²) >= 11 is 0. The maximum atomic E-state index is 4.47. The minimum atomic E-state index is 0.652. The van der Waals surface area contributed by atoms with Crippen molar-refractivity contribution < 1.29 is 0 Å². The van der Waals surface area contributed by atoms with Gasteiger partial charge in [0.25, 0.3) is 0 Å². The molecule has 0 amide bonds. The summed E-state index contributed by atoms with van der Waals surface area (Å²) in [5.41, 5.74) is 5.26. The second kappa shape index (κ2) is 5.41. The Hall–Kier alpha value is -1.61. The summed E-state index contributed by atoms with van der Waals surface area (Å²) in [6, 6.07) is 11.5. The highest BCUT2D eigenvalue weighted by molar-refractivity contribution is 5.25.